The molecule has 5 aromatic carbocycles. The number of benzene rings is 5. The molecule has 6 rings (SSSR count). The van der Waals surface area contributed by atoms with Gasteiger partial charge in [0, 0.05) is 5.92 Å². The van der Waals surface area contributed by atoms with E-state index in [1.165, 1.54) is 72.3 Å². The lowest BCUT2D eigenvalue weighted by atomic mass is 9.58. The number of hydrogen-bond donors (Lipinski definition) is 0. The van der Waals surface area contributed by atoms with E-state index in [2.05, 4.69) is 145 Å². The minimum absolute atomic E-state index is 0.137. The highest BCUT2D eigenvalue weighted by Gasteiger charge is 2.49. The predicted molar refractivity (Wildman–Crippen MR) is 161 cm³/mol. The average molecular weight is 493 g/mol. The first-order valence-electron chi connectivity index (χ1n) is 13.7. The molecule has 0 fully saturated rings. The van der Waals surface area contributed by atoms with Gasteiger partial charge in [0.25, 0.3) is 0 Å². The molecule has 0 aromatic heterocycles. The lowest BCUT2D eigenvalue weighted by molar-refractivity contribution is 0.543. The van der Waals surface area contributed by atoms with Crippen molar-refractivity contribution >= 4 is 0 Å². The number of rotatable bonds is 4. The zero-order valence-electron chi connectivity index (χ0n) is 23.4. The fourth-order valence-electron chi connectivity index (χ4n) is 7.23. The molecule has 0 spiro atoms. The SMILES string of the molecule is Cc1cc(C)cc(C(c2cc(C)cc(C)c2)(c2cc(C)cc(C)c2)C2c3ccccc3-c3ccccc32)c1. The van der Waals surface area contributed by atoms with Gasteiger partial charge in [0.05, 0.1) is 5.41 Å². The van der Waals surface area contributed by atoms with Crippen molar-refractivity contribution < 1.29 is 0 Å². The quantitative estimate of drug-likeness (QED) is 0.219. The van der Waals surface area contributed by atoms with Gasteiger partial charge in [0.2, 0.25) is 0 Å². The van der Waals surface area contributed by atoms with Gasteiger partial charge in [-0.2, -0.15) is 0 Å². The highest BCUT2D eigenvalue weighted by molar-refractivity contribution is 5.81. The Morgan fingerprint density at radius 1 is 0.395 bits per heavy atom. The Labute approximate surface area is 228 Å². The average Bonchev–Trinajstić information content (AvgIpc) is 3.18. The Balaban J connectivity index is 1.86. The van der Waals surface area contributed by atoms with E-state index in [4.69, 9.17) is 0 Å². The van der Waals surface area contributed by atoms with Gasteiger partial charge in [-0.15, -0.1) is 0 Å². The summed E-state index contributed by atoms with van der Waals surface area (Å²) in [5, 5.41) is 0. The van der Waals surface area contributed by atoms with Crippen molar-refractivity contribution in [2.45, 2.75) is 52.9 Å². The van der Waals surface area contributed by atoms with E-state index in [0.29, 0.717) is 0 Å². The van der Waals surface area contributed by atoms with Crippen molar-refractivity contribution in [3.8, 4) is 11.1 Å². The maximum absolute atomic E-state index is 2.44. The molecule has 0 heterocycles. The first-order chi connectivity index (χ1) is 18.3. The van der Waals surface area contributed by atoms with E-state index in [1.54, 1.807) is 0 Å². The second-order valence-electron chi connectivity index (χ2n) is 11.5. The Morgan fingerprint density at radius 3 is 1.00 bits per heavy atom. The molecule has 0 nitrogen and oxygen atoms in total. The second-order valence-corrected chi connectivity index (χ2v) is 11.5. The number of fused-ring (bicyclic) bond motifs is 3. The van der Waals surface area contributed by atoms with Gasteiger partial charge >= 0.3 is 0 Å². The molecule has 0 atom stereocenters. The molecule has 1 aliphatic rings. The smallest absolute Gasteiger partial charge is 0.0561 e. The van der Waals surface area contributed by atoms with Crippen molar-refractivity contribution in [2.24, 2.45) is 0 Å². The lowest BCUT2D eigenvalue weighted by Crippen LogP contribution is -2.37. The molecule has 38 heavy (non-hydrogen) atoms. The van der Waals surface area contributed by atoms with Crippen molar-refractivity contribution in [1.29, 1.82) is 0 Å². The molecule has 0 radical (unpaired) electrons. The first-order valence-corrected chi connectivity index (χ1v) is 13.7. The standard InChI is InChI=1S/C38H36/c1-24-15-25(2)19-30(18-24)38(31-20-26(3)16-27(4)21-31,32-22-28(5)17-29(6)23-32)37-35-13-9-7-11-33(35)34-12-8-10-14-36(34)37/h7-23,37H,1-6H3. The minimum atomic E-state index is -0.410. The molecular weight excluding hydrogens is 456 g/mol. The van der Waals surface area contributed by atoms with E-state index in [9.17, 15) is 0 Å². The normalized spacial score (nSPS) is 12.9. The molecule has 0 bridgehead atoms. The number of aryl methyl sites for hydroxylation is 6. The maximum Gasteiger partial charge on any atom is 0.0561 e. The van der Waals surface area contributed by atoms with Gasteiger partial charge in [0.15, 0.2) is 0 Å². The lowest BCUT2D eigenvalue weighted by Gasteiger charge is -2.43. The fourth-order valence-corrected chi connectivity index (χ4v) is 7.23. The summed E-state index contributed by atoms with van der Waals surface area (Å²) in [5.41, 5.74) is 17.0. The zero-order chi connectivity index (χ0) is 26.6. The highest BCUT2D eigenvalue weighted by atomic mass is 14.5. The highest BCUT2D eigenvalue weighted by Crippen LogP contribution is 2.59. The van der Waals surface area contributed by atoms with Crippen LogP contribution in [0, 0.1) is 41.5 Å². The molecule has 188 valence electrons. The predicted octanol–water partition coefficient (Wildman–Crippen LogP) is 9.68. The number of hydrogen-bond acceptors (Lipinski definition) is 0. The second kappa shape index (κ2) is 9.14. The van der Waals surface area contributed by atoms with E-state index in [-0.39, 0.29) is 5.92 Å². The molecule has 0 heteroatoms. The third kappa shape index (κ3) is 3.82. The fraction of sp³-hybridized carbons (Fsp3) is 0.211. The van der Waals surface area contributed by atoms with E-state index < -0.39 is 5.41 Å². The minimum Gasteiger partial charge on any atom is -0.0619 e. The van der Waals surface area contributed by atoms with Crippen molar-refractivity contribution in [3.05, 3.63) is 164 Å². The zero-order valence-corrected chi connectivity index (χ0v) is 23.4. The van der Waals surface area contributed by atoms with Crippen LogP contribution in [0.3, 0.4) is 0 Å². The largest absolute Gasteiger partial charge is 0.0619 e. The van der Waals surface area contributed by atoms with Gasteiger partial charge in [-0.1, -0.05) is 137 Å². The summed E-state index contributed by atoms with van der Waals surface area (Å²) in [5.74, 6) is 0.137. The topological polar surface area (TPSA) is 0 Å². The molecule has 0 saturated carbocycles. The van der Waals surface area contributed by atoms with Crippen LogP contribution >= 0.6 is 0 Å². The maximum atomic E-state index is 2.44. The van der Waals surface area contributed by atoms with Crippen molar-refractivity contribution in [3.63, 3.8) is 0 Å². The molecule has 0 N–H and O–H groups in total. The van der Waals surface area contributed by atoms with Crippen LogP contribution in [0.15, 0.2) is 103 Å². The third-order valence-corrected chi connectivity index (χ3v) is 8.30. The van der Waals surface area contributed by atoms with Gasteiger partial charge in [0.1, 0.15) is 0 Å². The molecule has 5 aromatic rings. The molecule has 0 unspecified atom stereocenters. The Bertz CT molecular complexity index is 1450. The molecule has 0 aliphatic heterocycles. The third-order valence-electron chi connectivity index (χ3n) is 8.30. The van der Waals surface area contributed by atoms with Gasteiger partial charge in [-0.3, -0.25) is 0 Å². The van der Waals surface area contributed by atoms with Crippen LogP contribution in [-0.2, 0) is 5.41 Å². The first kappa shape index (κ1) is 24.4. The molecule has 0 amide bonds. The van der Waals surface area contributed by atoms with Crippen LogP contribution in [0.25, 0.3) is 11.1 Å². The summed E-state index contributed by atoms with van der Waals surface area (Å²) in [6, 6.07) is 39.7. The van der Waals surface area contributed by atoms with Crippen LogP contribution < -0.4 is 0 Å². The van der Waals surface area contributed by atoms with Crippen LogP contribution in [0.2, 0.25) is 0 Å². The molecular formula is C38H36. The molecule has 0 saturated heterocycles. The van der Waals surface area contributed by atoms with Crippen LogP contribution in [0.5, 0.6) is 0 Å². The summed E-state index contributed by atoms with van der Waals surface area (Å²) in [7, 11) is 0. The van der Waals surface area contributed by atoms with E-state index in [1.807, 2.05) is 0 Å². The monoisotopic (exact) mass is 492 g/mol. The Morgan fingerprint density at radius 2 is 0.684 bits per heavy atom. The summed E-state index contributed by atoms with van der Waals surface area (Å²) in [6.07, 6.45) is 0. The van der Waals surface area contributed by atoms with E-state index >= 15 is 0 Å². The van der Waals surface area contributed by atoms with Crippen LogP contribution in [0.4, 0.5) is 0 Å². The Hall–Kier alpha value is -3.90. The van der Waals surface area contributed by atoms with E-state index in [0.717, 1.165) is 0 Å². The summed E-state index contributed by atoms with van der Waals surface area (Å²) in [6.45, 7) is 13.4. The summed E-state index contributed by atoms with van der Waals surface area (Å²) >= 11 is 0. The Kier molecular flexibility index (Phi) is 5.88. The summed E-state index contributed by atoms with van der Waals surface area (Å²) in [4.78, 5) is 0. The van der Waals surface area contributed by atoms with Crippen molar-refractivity contribution in [1.82, 2.24) is 0 Å². The van der Waals surface area contributed by atoms with Crippen LogP contribution in [-0.4, -0.2) is 0 Å². The van der Waals surface area contributed by atoms with Gasteiger partial charge in [-0.05, 0) is 80.5 Å². The van der Waals surface area contributed by atoms with Gasteiger partial charge in [-0.25, -0.2) is 0 Å². The van der Waals surface area contributed by atoms with Crippen LogP contribution in [0.1, 0.15) is 67.1 Å². The summed E-state index contributed by atoms with van der Waals surface area (Å²) < 4.78 is 0. The van der Waals surface area contributed by atoms with Gasteiger partial charge < -0.3 is 0 Å². The van der Waals surface area contributed by atoms with Crippen molar-refractivity contribution in [2.75, 3.05) is 0 Å². The molecule has 1 aliphatic carbocycles.